The molecule has 0 aliphatic carbocycles. The largest absolute Gasteiger partial charge is 0.496 e. The number of hydrogen-bond acceptors (Lipinski definition) is 3. The Labute approximate surface area is 153 Å². The number of ether oxygens (including phenoxy) is 2. The number of nitrogens with one attached hydrogen (secondary N) is 1. The summed E-state index contributed by atoms with van der Waals surface area (Å²) in [6.07, 6.45) is 0. The van der Waals surface area contributed by atoms with Gasteiger partial charge in [-0.25, -0.2) is 0 Å². The Morgan fingerprint density at radius 2 is 1.69 bits per heavy atom. The Morgan fingerprint density at radius 1 is 0.962 bits per heavy atom. The molecule has 0 aromatic heterocycles. The van der Waals surface area contributed by atoms with Crippen LogP contribution >= 0.6 is 0 Å². The number of carbonyl (C=O) groups excluding carboxylic acids is 1. The lowest BCUT2D eigenvalue weighted by molar-refractivity contribution is 0.0944. The van der Waals surface area contributed by atoms with Gasteiger partial charge >= 0.3 is 0 Å². The summed E-state index contributed by atoms with van der Waals surface area (Å²) in [6, 6.07) is 17.6. The fourth-order valence-corrected chi connectivity index (χ4v) is 2.80. The van der Waals surface area contributed by atoms with Crippen LogP contribution < -0.4 is 14.8 Å². The summed E-state index contributed by atoms with van der Waals surface area (Å²) in [5, 5.41) is 4.94. The fraction of sp³-hybridized carbons (Fsp3) is 0.227. The first-order valence-electron chi connectivity index (χ1n) is 8.63. The molecule has 0 unspecified atom stereocenters. The molecule has 26 heavy (non-hydrogen) atoms. The van der Waals surface area contributed by atoms with E-state index in [-0.39, 0.29) is 5.91 Å². The molecule has 1 amide bonds. The van der Waals surface area contributed by atoms with Gasteiger partial charge in [-0.2, -0.15) is 0 Å². The van der Waals surface area contributed by atoms with Crippen molar-refractivity contribution < 1.29 is 14.3 Å². The minimum Gasteiger partial charge on any atom is -0.496 e. The molecule has 0 radical (unpaired) electrons. The van der Waals surface area contributed by atoms with Crippen molar-refractivity contribution >= 4 is 16.7 Å². The standard InChI is InChI=1S/C22H23NO3/c1-15-8-9-19(12-16(15)2)26-11-10-23-22(24)20-13-17-6-4-5-7-18(17)14-21(20)25-3/h4-9,12-14H,10-11H2,1-3H3,(H,23,24). The van der Waals surface area contributed by atoms with E-state index < -0.39 is 0 Å². The number of rotatable bonds is 6. The van der Waals surface area contributed by atoms with Crippen molar-refractivity contribution in [3.8, 4) is 11.5 Å². The molecule has 0 bridgehead atoms. The number of methoxy groups -OCH3 is 1. The second-order valence-corrected chi connectivity index (χ2v) is 6.25. The van der Waals surface area contributed by atoms with E-state index >= 15 is 0 Å². The lowest BCUT2D eigenvalue weighted by Gasteiger charge is -2.12. The molecule has 0 spiro atoms. The van der Waals surface area contributed by atoms with Crippen molar-refractivity contribution in [2.75, 3.05) is 20.3 Å². The van der Waals surface area contributed by atoms with E-state index in [9.17, 15) is 4.79 Å². The molecule has 3 aromatic rings. The van der Waals surface area contributed by atoms with Gasteiger partial charge in [0.2, 0.25) is 0 Å². The van der Waals surface area contributed by atoms with Crippen LogP contribution in [0.2, 0.25) is 0 Å². The number of hydrogen-bond donors (Lipinski definition) is 1. The van der Waals surface area contributed by atoms with Crippen LogP contribution in [0.4, 0.5) is 0 Å². The summed E-state index contributed by atoms with van der Waals surface area (Å²) in [5.41, 5.74) is 2.94. The summed E-state index contributed by atoms with van der Waals surface area (Å²) in [7, 11) is 1.57. The van der Waals surface area contributed by atoms with Crippen molar-refractivity contribution in [3.05, 3.63) is 71.3 Å². The Hall–Kier alpha value is -3.01. The zero-order valence-corrected chi connectivity index (χ0v) is 15.3. The molecule has 0 saturated carbocycles. The predicted octanol–water partition coefficient (Wildman–Crippen LogP) is 4.27. The maximum absolute atomic E-state index is 12.5. The summed E-state index contributed by atoms with van der Waals surface area (Å²) in [5.74, 6) is 1.21. The average Bonchev–Trinajstić information content (AvgIpc) is 2.66. The zero-order chi connectivity index (χ0) is 18.5. The normalized spacial score (nSPS) is 10.6. The molecule has 3 aromatic carbocycles. The molecule has 0 aliphatic heterocycles. The molecule has 134 valence electrons. The first-order chi connectivity index (χ1) is 12.6. The van der Waals surface area contributed by atoms with E-state index in [4.69, 9.17) is 9.47 Å². The third-order valence-corrected chi connectivity index (χ3v) is 4.45. The van der Waals surface area contributed by atoms with Crippen LogP contribution in [-0.2, 0) is 0 Å². The highest BCUT2D eigenvalue weighted by Crippen LogP contribution is 2.25. The lowest BCUT2D eigenvalue weighted by Crippen LogP contribution is -2.28. The second kappa shape index (κ2) is 7.91. The molecule has 0 aliphatic rings. The van der Waals surface area contributed by atoms with E-state index in [2.05, 4.69) is 19.2 Å². The summed E-state index contributed by atoms with van der Waals surface area (Å²) in [4.78, 5) is 12.5. The van der Waals surface area contributed by atoms with Gasteiger partial charge < -0.3 is 14.8 Å². The molecule has 4 nitrogen and oxygen atoms in total. The minimum atomic E-state index is -0.170. The molecule has 3 rings (SSSR count). The van der Waals surface area contributed by atoms with Crippen LogP contribution in [-0.4, -0.2) is 26.2 Å². The smallest absolute Gasteiger partial charge is 0.255 e. The Bertz CT molecular complexity index is 934. The van der Waals surface area contributed by atoms with E-state index in [1.807, 2.05) is 54.6 Å². The number of amides is 1. The zero-order valence-electron chi connectivity index (χ0n) is 15.3. The van der Waals surface area contributed by atoms with Gasteiger partial charge in [0.15, 0.2) is 0 Å². The number of aryl methyl sites for hydroxylation is 2. The molecule has 4 heteroatoms. The van der Waals surface area contributed by atoms with E-state index in [0.717, 1.165) is 16.5 Å². The van der Waals surface area contributed by atoms with Crippen LogP contribution in [0.15, 0.2) is 54.6 Å². The van der Waals surface area contributed by atoms with E-state index in [1.54, 1.807) is 7.11 Å². The quantitative estimate of drug-likeness (QED) is 0.676. The molecule has 1 N–H and O–H groups in total. The molecular formula is C22H23NO3. The first-order valence-corrected chi connectivity index (χ1v) is 8.63. The van der Waals surface area contributed by atoms with Crippen molar-refractivity contribution in [3.63, 3.8) is 0 Å². The fourth-order valence-electron chi connectivity index (χ4n) is 2.80. The molecule has 0 atom stereocenters. The SMILES string of the molecule is COc1cc2ccccc2cc1C(=O)NCCOc1ccc(C)c(C)c1. The van der Waals surface area contributed by atoms with E-state index in [1.165, 1.54) is 11.1 Å². The van der Waals surface area contributed by atoms with Gasteiger partial charge in [0.25, 0.3) is 5.91 Å². The molecular weight excluding hydrogens is 326 g/mol. The third-order valence-electron chi connectivity index (χ3n) is 4.45. The second-order valence-electron chi connectivity index (χ2n) is 6.25. The Kier molecular flexibility index (Phi) is 5.42. The Morgan fingerprint density at radius 3 is 2.38 bits per heavy atom. The maximum atomic E-state index is 12.5. The highest BCUT2D eigenvalue weighted by Gasteiger charge is 2.13. The van der Waals surface area contributed by atoms with Gasteiger partial charge in [0, 0.05) is 0 Å². The summed E-state index contributed by atoms with van der Waals surface area (Å²) < 4.78 is 11.1. The van der Waals surface area contributed by atoms with Crippen LogP contribution in [0.3, 0.4) is 0 Å². The van der Waals surface area contributed by atoms with Crippen molar-refractivity contribution in [2.24, 2.45) is 0 Å². The lowest BCUT2D eigenvalue weighted by atomic mass is 10.1. The Balaban J connectivity index is 1.62. The highest BCUT2D eigenvalue weighted by atomic mass is 16.5. The summed E-state index contributed by atoms with van der Waals surface area (Å²) in [6.45, 7) is 4.94. The first kappa shape index (κ1) is 17.8. The van der Waals surface area contributed by atoms with Gasteiger partial charge in [0.1, 0.15) is 18.1 Å². The number of fused-ring (bicyclic) bond motifs is 1. The van der Waals surface area contributed by atoms with Gasteiger partial charge in [-0.3, -0.25) is 4.79 Å². The predicted molar refractivity (Wildman–Crippen MR) is 104 cm³/mol. The average molecular weight is 349 g/mol. The molecule has 0 heterocycles. The number of carbonyl (C=O) groups is 1. The number of benzene rings is 3. The van der Waals surface area contributed by atoms with Crippen LogP contribution in [0.25, 0.3) is 10.8 Å². The van der Waals surface area contributed by atoms with Crippen molar-refractivity contribution in [1.29, 1.82) is 0 Å². The van der Waals surface area contributed by atoms with Crippen molar-refractivity contribution in [2.45, 2.75) is 13.8 Å². The third kappa shape index (κ3) is 3.97. The van der Waals surface area contributed by atoms with Crippen molar-refractivity contribution in [1.82, 2.24) is 5.32 Å². The topological polar surface area (TPSA) is 47.6 Å². The van der Waals surface area contributed by atoms with Gasteiger partial charge in [-0.1, -0.05) is 30.3 Å². The highest BCUT2D eigenvalue weighted by molar-refractivity contribution is 6.01. The van der Waals surface area contributed by atoms with Gasteiger partial charge in [0.05, 0.1) is 19.2 Å². The monoisotopic (exact) mass is 349 g/mol. The minimum absolute atomic E-state index is 0.170. The van der Waals surface area contributed by atoms with E-state index in [0.29, 0.717) is 24.5 Å². The van der Waals surface area contributed by atoms with Crippen LogP contribution in [0, 0.1) is 13.8 Å². The molecule has 0 fully saturated rings. The van der Waals surface area contributed by atoms with Crippen LogP contribution in [0.1, 0.15) is 21.5 Å². The maximum Gasteiger partial charge on any atom is 0.255 e. The van der Waals surface area contributed by atoms with Crippen LogP contribution in [0.5, 0.6) is 11.5 Å². The summed E-state index contributed by atoms with van der Waals surface area (Å²) >= 11 is 0. The molecule has 0 saturated heterocycles. The van der Waals surface area contributed by atoms with Gasteiger partial charge in [-0.15, -0.1) is 0 Å². The van der Waals surface area contributed by atoms with Gasteiger partial charge in [-0.05, 0) is 60.0 Å².